The molecule has 96 valence electrons. The normalized spacial score (nSPS) is 11.5. The Morgan fingerprint density at radius 3 is 2.71 bits per heavy atom. The minimum atomic E-state index is -2.94. The first-order chi connectivity index (χ1) is 7.90. The molecule has 0 atom stereocenters. The van der Waals surface area contributed by atoms with E-state index in [-0.39, 0.29) is 5.75 Å². The van der Waals surface area contributed by atoms with Gasteiger partial charge in [-0.2, -0.15) is 0 Å². The van der Waals surface area contributed by atoms with Gasteiger partial charge in [-0.25, -0.2) is 18.4 Å². The zero-order chi connectivity index (χ0) is 12.9. The number of anilines is 1. The summed E-state index contributed by atoms with van der Waals surface area (Å²) in [5, 5.41) is 2.98. The molecular weight excluding hydrogens is 306 g/mol. The number of rotatable bonds is 6. The molecule has 17 heavy (non-hydrogen) atoms. The maximum atomic E-state index is 11.0. The number of nitrogens with zero attached hydrogens (tertiary/aromatic N) is 2. The van der Waals surface area contributed by atoms with Gasteiger partial charge in [0.25, 0.3) is 0 Å². The van der Waals surface area contributed by atoms with E-state index in [1.807, 2.05) is 0 Å². The van der Waals surface area contributed by atoms with Crippen LogP contribution in [0.4, 0.5) is 5.82 Å². The average molecular weight is 322 g/mol. The Kier molecular flexibility index (Phi) is 5.32. The Morgan fingerprint density at radius 2 is 2.12 bits per heavy atom. The predicted octanol–water partition coefficient (Wildman–Crippen LogP) is 1.65. The molecule has 1 heterocycles. The Bertz CT molecular complexity index is 476. The summed E-state index contributed by atoms with van der Waals surface area (Å²) in [6.07, 6.45) is 2.99. The van der Waals surface area contributed by atoms with E-state index in [1.54, 1.807) is 6.07 Å². The second kappa shape index (κ2) is 6.30. The summed E-state index contributed by atoms with van der Waals surface area (Å²) < 4.78 is 22.7. The first kappa shape index (κ1) is 14.4. The molecule has 0 saturated heterocycles. The molecule has 7 heteroatoms. The lowest BCUT2D eigenvalue weighted by atomic mass is 10.3. The van der Waals surface area contributed by atoms with Crippen molar-refractivity contribution in [1.82, 2.24) is 9.97 Å². The van der Waals surface area contributed by atoms with Gasteiger partial charge in [0.2, 0.25) is 0 Å². The van der Waals surface area contributed by atoms with E-state index in [0.717, 1.165) is 18.7 Å². The summed E-state index contributed by atoms with van der Waals surface area (Å²) in [4.78, 5) is 8.52. The van der Waals surface area contributed by atoms with Crippen molar-refractivity contribution in [2.24, 2.45) is 0 Å². The fourth-order valence-corrected chi connectivity index (χ4v) is 2.15. The molecule has 0 aliphatic rings. The third kappa shape index (κ3) is 5.97. The number of aromatic nitrogens is 2. The number of sulfone groups is 1. The Morgan fingerprint density at radius 1 is 1.41 bits per heavy atom. The first-order valence-electron chi connectivity index (χ1n) is 5.36. The van der Waals surface area contributed by atoms with Crippen LogP contribution < -0.4 is 5.32 Å². The van der Waals surface area contributed by atoms with E-state index < -0.39 is 9.84 Å². The van der Waals surface area contributed by atoms with Crippen molar-refractivity contribution in [3.8, 4) is 0 Å². The van der Waals surface area contributed by atoms with Crippen LogP contribution in [0.25, 0.3) is 0 Å². The fourth-order valence-electron chi connectivity index (χ4n) is 1.26. The van der Waals surface area contributed by atoms with Gasteiger partial charge in [0, 0.05) is 25.3 Å². The van der Waals surface area contributed by atoms with Crippen LogP contribution in [0.2, 0.25) is 0 Å². The Hall–Kier alpha value is -0.690. The third-order valence-corrected chi connectivity index (χ3v) is 3.35. The van der Waals surface area contributed by atoms with Gasteiger partial charge in [-0.1, -0.05) is 6.92 Å². The number of halogens is 1. The van der Waals surface area contributed by atoms with Crippen LogP contribution in [-0.4, -0.2) is 36.9 Å². The summed E-state index contributed by atoms with van der Waals surface area (Å²) in [5.41, 5.74) is 0. The Balaban J connectivity index is 2.64. The Labute approximate surface area is 110 Å². The maximum Gasteiger partial charge on any atom is 0.149 e. The molecule has 1 rings (SSSR count). The minimum absolute atomic E-state index is 0.0950. The maximum absolute atomic E-state index is 11.0. The van der Waals surface area contributed by atoms with E-state index in [2.05, 4.69) is 38.1 Å². The molecule has 0 aliphatic carbocycles. The lowest BCUT2D eigenvalue weighted by Gasteiger charge is -2.07. The molecule has 1 aromatic rings. The third-order valence-electron chi connectivity index (χ3n) is 1.99. The van der Waals surface area contributed by atoms with Crippen LogP contribution in [-0.2, 0) is 16.3 Å². The highest BCUT2D eigenvalue weighted by molar-refractivity contribution is 9.10. The number of hydrogen-bond donors (Lipinski definition) is 1. The molecule has 0 bridgehead atoms. The monoisotopic (exact) mass is 321 g/mol. The van der Waals surface area contributed by atoms with E-state index in [4.69, 9.17) is 0 Å². The van der Waals surface area contributed by atoms with Gasteiger partial charge in [0.05, 0.1) is 5.75 Å². The molecule has 0 aliphatic heterocycles. The summed E-state index contributed by atoms with van der Waals surface area (Å²) in [7, 11) is -2.94. The highest BCUT2D eigenvalue weighted by Crippen LogP contribution is 2.13. The minimum Gasteiger partial charge on any atom is -0.369 e. The topological polar surface area (TPSA) is 72.0 Å². The van der Waals surface area contributed by atoms with Crippen LogP contribution in [0, 0.1) is 0 Å². The quantitative estimate of drug-likeness (QED) is 0.806. The summed E-state index contributed by atoms with van der Waals surface area (Å²) in [6, 6.07) is 1.74. The van der Waals surface area contributed by atoms with Gasteiger partial charge in [0.15, 0.2) is 0 Å². The van der Waals surface area contributed by atoms with Gasteiger partial charge in [-0.15, -0.1) is 0 Å². The van der Waals surface area contributed by atoms with Crippen LogP contribution in [0.1, 0.15) is 19.2 Å². The van der Waals surface area contributed by atoms with Gasteiger partial charge in [0.1, 0.15) is 26.1 Å². The standard InChI is InChI=1S/C10H16BrN3O2S/c1-3-4-9-13-8(11)7-10(14-9)12-5-6-17(2,15)16/h7H,3-6H2,1-2H3,(H,12,13,14). The van der Waals surface area contributed by atoms with Gasteiger partial charge in [-0.05, 0) is 22.4 Å². The van der Waals surface area contributed by atoms with E-state index >= 15 is 0 Å². The first-order valence-corrected chi connectivity index (χ1v) is 8.21. The smallest absolute Gasteiger partial charge is 0.149 e. The lowest BCUT2D eigenvalue weighted by Crippen LogP contribution is -2.15. The molecule has 0 radical (unpaired) electrons. The van der Waals surface area contributed by atoms with Gasteiger partial charge in [-0.3, -0.25) is 0 Å². The second-order valence-electron chi connectivity index (χ2n) is 3.80. The summed E-state index contributed by atoms with van der Waals surface area (Å²) >= 11 is 3.31. The lowest BCUT2D eigenvalue weighted by molar-refractivity contribution is 0.602. The van der Waals surface area contributed by atoms with Crippen molar-refractivity contribution in [1.29, 1.82) is 0 Å². The van der Waals surface area contributed by atoms with Gasteiger partial charge < -0.3 is 5.32 Å². The van der Waals surface area contributed by atoms with E-state index in [9.17, 15) is 8.42 Å². The molecule has 1 aromatic heterocycles. The molecule has 0 fully saturated rings. The number of nitrogens with one attached hydrogen (secondary N) is 1. The van der Waals surface area contributed by atoms with Crippen molar-refractivity contribution in [2.45, 2.75) is 19.8 Å². The van der Waals surface area contributed by atoms with Crippen molar-refractivity contribution >= 4 is 31.6 Å². The SMILES string of the molecule is CCCc1nc(Br)cc(NCCS(C)(=O)=O)n1. The molecule has 0 unspecified atom stereocenters. The zero-order valence-corrected chi connectivity index (χ0v) is 12.3. The van der Waals surface area contributed by atoms with Crippen LogP contribution >= 0.6 is 15.9 Å². The molecular formula is C10H16BrN3O2S. The number of hydrogen-bond acceptors (Lipinski definition) is 5. The molecule has 0 amide bonds. The molecule has 0 aromatic carbocycles. The second-order valence-corrected chi connectivity index (χ2v) is 6.87. The zero-order valence-electron chi connectivity index (χ0n) is 9.90. The van der Waals surface area contributed by atoms with Crippen molar-refractivity contribution in [3.63, 3.8) is 0 Å². The molecule has 0 spiro atoms. The fraction of sp³-hybridized carbons (Fsp3) is 0.600. The van der Waals surface area contributed by atoms with E-state index in [1.165, 1.54) is 6.26 Å². The van der Waals surface area contributed by atoms with Crippen LogP contribution in [0.3, 0.4) is 0 Å². The molecule has 5 nitrogen and oxygen atoms in total. The largest absolute Gasteiger partial charge is 0.369 e. The molecule has 1 N–H and O–H groups in total. The average Bonchev–Trinajstić information content (AvgIpc) is 2.15. The predicted molar refractivity (Wildman–Crippen MR) is 71.9 cm³/mol. The van der Waals surface area contributed by atoms with Crippen molar-refractivity contribution < 1.29 is 8.42 Å². The van der Waals surface area contributed by atoms with Crippen molar-refractivity contribution in [2.75, 3.05) is 23.9 Å². The highest BCUT2D eigenvalue weighted by atomic mass is 79.9. The summed E-state index contributed by atoms with van der Waals surface area (Å²) in [6.45, 7) is 2.41. The van der Waals surface area contributed by atoms with Gasteiger partial charge >= 0.3 is 0 Å². The number of aryl methyl sites for hydroxylation is 1. The highest BCUT2D eigenvalue weighted by Gasteiger charge is 2.04. The summed E-state index contributed by atoms with van der Waals surface area (Å²) in [5.74, 6) is 1.50. The van der Waals surface area contributed by atoms with E-state index in [0.29, 0.717) is 17.0 Å². The van der Waals surface area contributed by atoms with Crippen molar-refractivity contribution in [3.05, 3.63) is 16.5 Å². The molecule has 0 saturated carbocycles. The van der Waals surface area contributed by atoms with Crippen LogP contribution in [0.5, 0.6) is 0 Å². The van der Waals surface area contributed by atoms with Crippen LogP contribution in [0.15, 0.2) is 10.7 Å².